The first kappa shape index (κ1) is 18.3. The van der Waals surface area contributed by atoms with Crippen molar-refractivity contribution in [3.05, 3.63) is 47.9 Å². The van der Waals surface area contributed by atoms with Gasteiger partial charge in [-0.15, -0.1) is 6.58 Å². The van der Waals surface area contributed by atoms with E-state index in [1.54, 1.807) is 18.1 Å². The van der Waals surface area contributed by atoms with Crippen molar-refractivity contribution in [3.63, 3.8) is 0 Å². The molecule has 0 aromatic heterocycles. The minimum Gasteiger partial charge on any atom is -0.383 e. The Morgan fingerprint density at radius 2 is 2.21 bits per heavy atom. The van der Waals surface area contributed by atoms with Crippen LogP contribution in [0.5, 0.6) is 0 Å². The first-order valence-corrected chi connectivity index (χ1v) is 8.63. The van der Waals surface area contributed by atoms with E-state index < -0.39 is 0 Å². The summed E-state index contributed by atoms with van der Waals surface area (Å²) in [5.41, 5.74) is 0.843. The molecule has 2 rings (SSSR count). The molecule has 0 fully saturated rings. The van der Waals surface area contributed by atoms with Crippen molar-refractivity contribution in [2.75, 3.05) is 25.2 Å². The summed E-state index contributed by atoms with van der Waals surface area (Å²) in [6.07, 6.45) is 3.81. The molecule has 1 heterocycles. The fraction of sp³-hybridized carbons (Fsp3) is 0.333. The molecule has 1 aromatic carbocycles. The Morgan fingerprint density at radius 1 is 1.46 bits per heavy atom. The SMILES string of the molecule is C=CCN1C(=O)/C(=C\C(=O)N[C@H](CC)COC)Sc2ccccc21. The van der Waals surface area contributed by atoms with Crippen LogP contribution in [0.3, 0.4) is 0 Å². The summed E-state index contributed by atoms with van der Waals surface area (Å²) < 4.78 is 5.08. The molecule has 128 valence electrons. The van der Waals surface area contributed by atoms with E-state index in [0.717, 1.165) is 17.0 Å². The lowest BCUT2D eigenvalue weighted by Crippen LogP contribution is -2.38. The normalized spacial score (nSPS) is 16.7. The molecule has 1 aliphatic rings. The number of nitrogens with one attached hydrogen (secondary N) is 1. The van der Waals surface area contributed by atoms with E-state index in [-0.39, 0.29) is 17.9 Å². The maximum atomic E-state index is 12.7. The van der Waals surface area contributed by atoms with Crippen LogP contribution in [0.1, 0.15) is 13.3 Å². The molecule has 5 nitrogen and oxygen atoms in total. The summed E-state index contributed by atoms with van der Waals surface area (Å²) in [4.78, 5) is 27.9. The Hall–Kier alpha value is -2.05. The van der Waals surface area contributed by atoms with E-state index in [1.807, 2.05) is 31.2 Å². The van der Waals surface area contributed by atoms with E-state index >= 15 is 0 Å². The molecule has 1 aliphatic heterocycles. The first-order valence-electron chi connectivity index (χ1n) is 7.81. The highest BCUT2D eigenvalue weighted by Crippen LogP contribution is 2.41. The van der Waals surface area contributed by atoms with Crippen molar-refractivity contribution in [2.24, 2.45) is 0 Å². The van der Waals surface area contributed by atoms with Gasteiger partial charge in [-0.05, 0) is 18.6 Å². The summed E-state index contributed by atoms with van der Waals surface area (Å²) in [6.45, 7) is 6.52. The Balaban J connectivity index is 2.22. The molecule has 0 aliphatic carbocycles. The van der Waals surface area contributed by atoms with E-state index in [0.29, 0.717) is 18.1 Å². The standard InChI is InChI=1S/C18H22N2O3S/c1-4-10-20-14-8-6-7-9-15(14)24-16(18(20)22)11-17(21)19-13(5-2)12-23-3/h4,6-9,11,13H,1,5,10,12H2,2-3H3,(H,19,21)/b16-11+/t13-/m1/s1. The van der Waals surface area contributed by atoms with Crippen LogP contribution in [-0.4, -0.2) is 38.1 Å². The number of ether oxygens (including phenoxy) is 1. The number of nitrogens with zero attached hydrogens (tertiary/aromatic N) is 1. The van der Waals surface area contributed by atoms with Gasteiger partial charge in [0.25, 0.3) is 5.91 Å². The van der Waals surface area contributed by atoms with Gasteiger partial charge in [0.2, 0.25) is 5.91 Å². The molecule has 0 saturated carbocycles. The van der Waals surface area contributed by atoms with E-state index in [1.165, 1.54) is 17.8 Å². The molecule has 24 heavy (non-hydrogen) atoms. The second-order valence-corrected chi connectivity index (χ2v) is 6.44. The zero-order valence-electron chi connectivity index (χ0n) is 14.0. The number of carbonyl (C=O) groups excluding carboxylic acids is 2. The predicted molar refractivity (Wildman–Crippen MR) is 97.0 cm³/mol. The minimum absolute atomic E-state index is 0.0698. The molecule has 0 saturated heterocycles. The molecule has 0 bridgehead atoms. The number of hydrogen-bond donors (Lipinski definition) is 1. The van der Waals surface area contributed by atoms with Crippen molar-refractivity contribution in [1.29, 1.82) is 0 Å². The fourth-order valence-corrected chi connectivity index (χ4v) is 3.43. The van der Waals surface area contributed by atoms with Gasteiger partial charge < -0.3 is 15.0 Å². The van der Waals surface area contributed by atoms with Gasteiger partial charge in [-0.1, -0.05) is 36.9 Å². The molecule has 0 radical (unpaired) electrons. The number of anilines is 1. The maximum absolute atomic E-state index is 12.7. The summed E-state index contributed by atoms with van der Waals surface area (Å²) >= 11 is 1.31. The van der Waals surface area contributed by atoms with Crippen LogP contribution in [0.4, 0.5) is 5.69 Å². The topological polar surface area (TPSA) is 58.6 Å². The molecule has 0 spiro atoms. The van der Waals surface area contributed by atoms with Gasteiger partial charge in [0.05, 0.1) is 23.2 Å². The van der Waals surface area contributed by atoms with Crippen LogP contribution < -0.4 is 10.2 Å². The highest BCUT2D eigenvalue weighted by Gasteiger charge is 2.28. The summed E-state index contributed by atoms with van der Waals surface area (Å²) in [5, 5.41) is 2.86. The Bertz CT molecular complexity index is 657. The number of para-hydroxylation sites is 1. The Morgan fingerprint density at radius 3 is 2.88 bits per heavy atom. The lowest BCUT2D eigenvalue weighted by molar-refractivity contribution is -0.118. The lowest BCUT2D eigenvalue weighted by Gasteiger charge is -2.29. The zero-order valence-corrected chi connectivity index (χ0v) is 14.8. The highest BCUT2D eigenvalue weighted by molar-refractivity contribution is 8.04. The van der Waals surface area contributed by atoms with Gasteiger partial charge in [0, 0.05) is 24.6 Å². The first-order chi connectivity index (χ1) is 11.6. The van der Waals surface area contributed by atoms with Crippen LogP contribution in [-0.2, 0) is 14.3 Å². The lowest BCUT2D eigenvalue weighted by atomic mass is 10.2. The summed E-state index contributed by atoms with van der Waals surface area (Å²) in [6, 6.07) is 7.57. The third-order valence-corrected chi connectivity index (χ3v) is 4.69. The van der Waals surface area contributed by atoms with Crippen LogP contribution >= 0.6 is 11.8 Å². The number of methoxy groups -OCH3 is 1. The summed E-state index contributed by atoms with van der Waals surface area (Å²) in [5.74, 6) is -0.471. The van der Waals surface area contributed by atoms with Gasteiger partial charge in [0.1, 0.15) is 0 Å². The van der Waals surface area contributed by atoms with Crippen LogP contribution in [0.2, 0.25) is 0 Å². The second kappa shape index (κ2) is 8.70. The van der Waals surface area contributed by atoms with Gasteiger partial charge >= 0.3 is 0 Å². The van der Waals surface area contributed by atoms with Crippen LogP contribution in [0.15, 0.2) is 52.8 Å². The molecule has 0 unspecified atom stereocenters. The average Bonchev–Trinajstić information content (AvgIpc) is 2.58. The quantitative estimate of drug-likeness (QED) is 0.609. The van der Waals surface area contributed by atoms with Gasteiger partial charge in [-0.3, -0.25) is 9.59 Å². The largest absolute Gasteiger partial charge is 0.383 e. The van der Waals surface area contributed by atoms with E-state index in [9.17, 15) is 9.59 Å². The van der Waals surface area contributed by atoms with Crippen molar-refractivity contribution >= 4 is 29.3 Å². The highest BCUT2D eigenvalue weighted by atomic mass is 32.2. The molecule has 6 heteroatoms. The number of hydrogen-bond acceptors (Lipinski definition) is 4. The third kappa shape index (κ3) is 4.27. The van der Waals surface area contributed by atoms with Crippen molar-refractivity contribution < 1.29 is 14.3 Å². The summed E-state index contributed by atoms with van der Waals surface area (Å²) in [7, 11) is 1.60. The zero-order chi connectivity index (χ0) is 17.5. The predicted octanol–water partition coefficient (Wildman–Crippen LogP) is 2.74. The van der Waals surface area contributed by atoms with E-state index in [4.69, 9.17) is 4.74 Å². The minimum atomic E-state index is -0.285. The molecular formula is C18H22N2O3S. The maximum Gasteiger partial charge on any atom is 0.265 e. The third-order valence-electron chi connectivity index (χ3n) is 3.61. The van der Waals surface area contributed by atoms with Crippen molar-refractivity contribution in [2.45, 2.75) is 24.3 Å². The number of fused-ring (bicyclic) bond motifs is 1. The van der Waals surface area contributed by atoms with Crippen molar-refractivity contribution in [3.8, 4) is 0 Å². The van der Waals surface area contributed by atoms with Crippen molar-refractivity contribution in [1.82, 2.24) is 5.32 Å². The molecular weight excluding hydrogens is 324 g/mol. The number of rotatable bonds is 7. The molecule has 2 amide bonds. The number of thioether (sulfide) groups is 1. The van der Waals surface area contributed by atoms with Gasteiger partial charge in [-0.2, -0.15) is 0 Å². The molecule has 1 atom stereocenters. The smallest absolute Gasteiger partial charge is 0.265 e. The number of benzene rings is 1. The Kier molecular flexibility index (Phi) is 6.63. The van der Waals surface area contributed by atoms with E-state index in [2.05, 4.69) is 11.9 Å². The van der Waals surface area contributed by atoms with Gasteiger partial charge in [0.15, 0.2) is 0 Å². The number of amides is 2. The average molecular weight is 346 g/mol. The molecule has 1 aromatic rings. The van der Waals surface area contributed by atoms with Crippen LogP contribution in [0.25, 0.3) is 0 Å². The fourth-order valence-electron chi connectivity index (χ4n) is 2.40. The monoisotopic (exact) mass is 346 g/mol. The molecule has 1 N–H and O–H groups in total. The second-order valence-electron chi connectivity index (χ2n) is 5.35. The Labute approximate surface area is 146 Å². The van der Waals surface area contributed by atoms with Crippen LogP contribution in [0, 0.1) is 0 Å². The number of carbonyl (C=O) groups is 2. The van der Waals surface area contributed by atoms with Gasteiger partial charge in [-0.25, -0.2) is 0 Å².